The number of unbranched alkanes of at least 4 members (excludes halogenated alkanes) is 2. The first-order valence-corrected chi connectivity index (χ1v) is 4.67. The van der Waals surface area contributed by atoms with Gasteiger partial charge in [0, 0.05) is 6.21 Å². The summed E-state index contributed by atoms with van der Waals surface area (Å²) in [4.78, 5) is 5.12. The molecule has 0 saturated carbocycles. The number of hydrogen-bond donors (Lipinski definition) is 0. The Labute approximate surface area is 79.2 Å². The molecular formula is C11H15NO. The van der Waals surface area contributed by atoms with Crippen molar-refractivity contribution in [2.45, 2.75) is 26.2 Å². The number of nitrogens with zero attached hydrogens (tertiary/aromatic N) is 1. The molecule has 13 heavy (non-hydrogen) atoms. The van der Waals surface area contributed by atoms with Gasteiger partial charge in [0.25, 0.3) is 0 Å². The molecular weight excluding hydrogens is 162 g/mol. The molecule has 0 aliphatic rings. The molecule has 1 aromatic carbocycles. The molecule has 0 amide bonds. The largest absolute Gasteiger partial charge is 0.357 e. The Kier molecular flexibility index (Phi) is 4.69. The van der Waals surface area contributed by atoms with Crippen molar-refractivity contribution >= 4 is 6.21 Å². The van der Waals surface area contributed by atoms with Gasteiger partial charge in [-0.25, -0.2) is 0 Å². The Morgan fingerprint density at radius 1 is 1.31 bits per heavy atom. The van der Waals surface area contributed by atoms with Crippen LogP contribution in [0.1, 0.15) is 26.2 Å². The molecule has 0 aliphatic heterocycles. The quantitative estimate of drug-likeness (QED) is 0.384. The molecule has 0 spiro atoms. The molecule has 0 bridgehead atoms. The summed E-state index contributed by atoms with van der Waals surface area (Å²) < 4.78 is 0. The summed E-state index contributed by atoms with van der Waals surface area (Å²) in [5.74, 6) is 0.787. The van der Waals surface area contributed by atoms with Gasteiger partial charge >= 0.3 is 0 Å². The monoisotopic (exact) mass is 177 g/mol. The van der Waals surface area contributed by atoms with Crippen molar-refractivity contribution in [1.82, 2.24) is 0 Å². The molecule has 2 heteroatoms. The van der Waals surface area contributed by atoms with E-state index in [0.717, 1.165) is 12.2 Å². The molecule has 2 nitrogen and oxygen atoms in total. The van der Waals surface area contributed by atoms with E-state index in [9.17, 15) is 0 Å². The summed E-state index contributed by atoms with van der Waals surface area (Å²) in [7, 11) is 0. The molecule has 0 N–H and O–H groups in total. The number of rotatable bonds is 5. The zero-order valence-corrected chi connectivity index (χ0v) is 7.94. The predicted molar refractivity (Wildman–Crippen MR) is 55.1 cm³/mol. The van der Waals surface area contributed by atoms with E-state index in [4.69, 9.17) is 4.84 Å². The van der Waals surface area contributed by atoms with Gasteiger partial charge in [-0.1, -0.05) is 36.7 Å². The van der Waals surface area contributed by atoms with Gasteiger partial charge in [0.15, 0.2) is 5.75 Å². The lowest BCUT2D eigenvalue weighted by molar-refractivity contribution is 0.342. The van der Waals surface area contributed by atoms with Crippen LogP contribution in [0.15, 0.2) is 35.5 Å². The Hall–Kier alpha value is -1.31. The number of para-hydroxylation sites is 1. The third-order valence-electron chi connectivity index (χ3n) is 1.66. The second-order valence-electron chi connectivity index (χ2n) is 2.83. The summed E-state index contributed by atoms with van der Waals surface area (Å²) in [6.45, 7) is 2.16. The second kappa shape index (κ2) is 6.23. The van der Waals surface area contributed by atoms with Crippen molar-refractivity contribution < 1.29 is 4.84 Å². The predicted octanol–water partition coefficient (Wildman–Crippen LogP) is 3.24. The lowest BCUT2D eigenvalue weighted by Crippen LogP contribution is -1.84. The zero-order valence-electron chi connectivity index (χ0n) is 7.94. The van der Waals surface area contributed by atoms with Crippen LogP contribution in [-0.4, -0.2) is 6.21 Å². The van der Waals surface area contributed by atoms with Gasteiger partial charge in [-0.2, -0.15) is 0 Å². The Balaban J connectivity index is 2.23. The molecule has 1 aromatic rings. The van der Waals surface area contributed by atoms with Crippen molar-refractivity contribution in [2.75, 3.05) is 0 Å². The summed E-state index contributed by atoms with van der Waals surface area (Å²) in [5.41, 5.74) is 0. The molecule has 70 valence electrons. The number of hydrogen-bond acceptors (Lipinski definition) is 2. The third kappa shape index (κ3) is 4.31. The van der Waals surface area contributed by atoms with Gasteiger partial charge in [0.05, 0.1) is 0 Å². The van der Waals surface area contributed by atoms with E-state index in [-0.39, 0.29) is 0 Å². The highest BCUT2D eigenvalue weighted by molar-refractivity contribution is 5.56. The lowest BCUT2D eigenvalue weighted by atomic mass is 10.3. The van der Waals surface area contributed by atoms with Crippen LogP contribution >= 0.6 is 0 Å². The maximum Gasteiger partial charge on any atom is 0.157 e. The average Bonchev–Trinajstić information content (AvgIpc) is 2.19. The molecule has 1 rings (SSSR count). The minimum Gasteiger partial charge on any atom is -0.357 e. The fraction of sp³-hybridized carbons (Fsp3) is 0.364. The van der Waals surface area contributed by atoms with Gasteiger partial charge < -0.3 is 4.84 Å². The molecule has 0 heterocycles. The van der Waals surface area contributed by atoms with Gasteiger partial charge in [-0.15, -0.1) is 0 Å². The second-order valence-corrected chi connectivity index (χ2v) is 2.83. The summed E-state index contributed by atoms with van der Waals surface area (Å²) in [6, 6.07) is 9.58. The van der Waals surface area contributed by atoms with Crippen molar-refractivity contribution in [3.05, 3.63) is 30.3 Å². The standard InChI is InChI=1S/C11H15NO/c1-2-3-7-10-12-13-11-8-5-4-6-9-11/h4-6,8-10H,2-3,7H2,1H3. The molecule has 0 aliphatic carbocycles. The highest BCUT2D eigenvalue weighted by Gasteiger charge is 1.86. The van der Waals surface area contributed by atoms with Crippen LogP contribution in [0.25, 0.3) is 0 Å². The first kappa shape index (κ1) is 9.78. The van der Waals surface area contributed by atoms with Crippen molar-refractivity contribution in [3.63, 3.8) is 0 Å². The van der Waals surface area contributed by atoms with E-state index in [2.05, 4.69) is 12.1 Å². The van der Waals surface area contributed by atoms with E-state index < -0.39 is 0 Å². The molecule has 0 aromatic heterocycles. The van der Waals surface area contributed by atoms with Crippen molar-refractivity contribution in [2.24, 2.45) is 5.16 Å². The van der Waals surface area contributed by atoms with Crippen LogP contribution in [0.4, 0.5) is 0 Å². The van der Waals surface area contributed by atoms with Crippen LogP contribution in [0.2, 0.25) is 0 Å². The number of oxime groups is 1. The summed E-state index contributed by atoms with van der Waals surface area (Å²) >= 11 is 0. The lowest BCUT2D eigenvalue weighted by Gasteiger charge is -1.95. The van der Waals surface area contributed by atoms with Crippen molar-refractivity contribution in [1.29, 1.82) is 0 Å². The molecule has 0 atom stereocenters. The Morgan fingerprint density at radius 2 is 2.08 bits per heavy atom. The smallest absolute Gasteiger partial charge is 0.157 e. The first-order chi connectivity index (χ1) is 6.43. The summed E-state index contributed by atoms with van der Waals surface area (Å²) in [5, 5.41) is 3.85. The highest BCUT2D eigenvalue weighted by Crippen LogP contribution is 2.07. The average molecular weight is 177 g/mol. The maximum absolute atomic E-state index is 5.12. The van der Waals surface area contributed by atoms with Crippen LogP contribution in [0, 0.1) is 0 Å². The Bertz CT molecular complexity index is 244. The van der Waals surface area contributed by atoms with E-state index in [1.807, 2.05) is 36.5 Å². The summed E-state index contributed by atoms with van der Waals surface area (Å²) in [6.07, 6.45) is 5.17. The van der Waals surface area contributed by atoms with Gasteiger partial charge in [-0.05, 0) is 25.0 Å². The van der Waals surface area contributed by atoms with E-state index in [0.29, 0.717) is 0 Å². The van der Waals surface area contributed by atoms with E-state index in [1.165, 1.54) is 12.8 Å². The fourth-order valence-electron chi connectivity index (χ4n) is 0.928. The van der Waals surface area contributed by atoms with Gasteiger partial charge in [-0.3, -0.25) is 0 Å². The maximum atomic E-state index is 5.12. The Morgan fingerprint density at radius 3 is 2.77 bits per heavy atom. The topological polar surface area (TPSA) is 21.6 Å². The fourth-order valence-corrected chi connectivity index (χ4v) is 0.928. The molecule has 0 fully saturated rings. The van der Waals surface area contributed by atoms with Crippen LogP contribution in [-0.2, 0) is 0 Å². The molecule has 0 unspecified atom stereocenters. The van der Waals surface area contributed by atoms with Crippen molar-refractivity contribution in [3.8, 4) is 5.75 Å². The van der Waals surface area contributed by atoms with Crippen LogP contribution in [0.3, 0.4) is 0 Å². The van der Waals surface area contributed by atoms with Crippen LogP contribution < -0.4 is 4.84 Å². The third-order valence-corrected chi connectivity index (χ3v) is 1.66. The molecule has 0 saturated heterocycles. The SMILES string of the molecule is CCCCC=NOc1ccccc1. The van der Waals surface area contributed by atoms with E-state index in [1.54, 1.807) is 0 Å². The first-order valence-electron chi connectivity index (χ1n) is 4.67. The van der Waals surface area contributed by atoms with Gasteiger partial charge in [0.1, 0.15) is 0 Å². The minimum atomic E-state index is 0.787. The van der Waals surface area contributed by atoms with Gasteiger partial charge in [0.2, 0.25) is 0 Å². The van der Waals surface area contributed by atoms with E-state index >= 15 is 0 Å². The number of benzene rings is 1. The minimum absolute atomic E-state index is 0.787. The highest BCUT2D eigenvalue weighted by atomic mass is 16.6. The normalized spacial score (nSPS) is 10.5. The zero-order chi connectivity index (χ0) is 9.36. The molecule has 0 radical (unpaired) electrons. The van der Waals surface area contributed by atoms with Crippen LogP contribution in [0.5, 0.6) is 5.75 Å².